The van der Waals surface area contributed by atoms with E-state index in [1.807, 2.05) is 12.1 Å². The predicted molar refractivity (Wildman–Crippen MR) is 69.8 cm³/mol. The van der Waals surface area contributed by atoms with Crippen molar-refractivity contribution in [2.24, 2.45) is 0 Å². The molecule has 16 heavy (non-hydrogen) atoms. The van der Waals surface area contributed by atoms with Crippen molar-refractivity contribution in [2.75, 3.05) is 20.2 Å². The molecule has 1 aliphatic rings. The molecule has 1 fully saturated rings. The van der Waals surface area contributed by atoms with Crippen LogP contribution in [0.3, 0.4) is 0 Å². The van der Waals surface area contributed by atoms with Gasteiger partial charge in [0.15, 0.2) is 0 Å². The zero-order valence-corrected chi connectivity index (χ0v) is 11.6. The molecule has 1 saturated heterocycles. The van der Waals surface area contributed by atoms with Gasteiger partial charge in [-0.05, 0) is 34.0 Å². The van der Waals surface area contributed by atoms with Crippen LogP contribution in [0.4, 0.5) is 0 Å². The van der Waals surface area contributed by atoms with Crippen LogP contribution in [0.2, 0.25) is 5.02 Å². The fourth-order valence-electron chi connectivity index (χ4n) is 2.04. The summed E-state index contributed by atoms with van der Waals surface area (Å²) in [7, 11) is 1.78. The minimum atomic E-state index is 0.387. The lowest BCUT2D eigenvalue weighted by Crippen LogP contribution is -2.22. The first-order chi connectivity index (χ1) is 7.70. The third-order valence-electron chi connectivity index (χ3n) is 2.99. The second-order valence-corrected chi connectivity index (χ2v) is 5.29. The average molecular weight is 305 g/mol. The highest BCUT2D eigenvalue weighted by Crippen LogP contribution is 2.28. The summed E-state index contributed by atoms with van der Waals surface area (Å²) in [4.78, 5) is 2.39. The first kappa shape index (κ1) is 12.4. The van der Waals surface area contributed by atoms with Crippen molar-refractivity contribution in [3.05, 3.63) is 33.3 Å². The largest absolute Gasteiger partial charge is 0.380 e. The molecule has 0 amide bonds. The van der Waals surface area contributed by atoms with Gasteiger partial charge in [-0.15, -0.1) is 0 Å². The van der Waals surface area contributed by atoms with Crippen molar-refractivity contribution in [1.29, 1.82) is 0 Å². The number of benzene rings is 1. The number of ether oxygens (including phenoxy) is 1. The van der Waals surface area contributed by atoms with E-state index in [9.17, 15) is 0 Å². The van der Waals surface area contributed by atoms with E-state index in [-0.39, 0.29) is 0 Å². The molecule has 1 aromatic rings. The lowest BCUT2D eigenvalue weighted by molar-refractivity contribution is 0.107. The molecule has 1 aliphatic heterocycles. The summed E-state index contributed by atoms with van der Waals surface area (Å²) in [5, 5.41) is 0.778. The predicted octanol–water partition coefficient (Wildman–Crippen LogP) is 3.32. The first-order valence-electron chi connectivity index (χ1n) is 5.38. The minimum absolute atomic E-state index is 0.387. The Balaban J connectivity index is 2.02. The molecule has 1 unspecified atom stereocenters. The van der Waals surface area contributed by atoms with Crippen LogP contribution in [-0.2, 0) is 11.3 Å². The second kappa shape index (κ2) is 5.50. The SMILES string of the molecule is COC1CCN(Cc2cccc(Cl)c2Br)C1. The van der Waals surface area contributed by atoms with Crippen LogP contribution in [0.15, 0.2) is 22.7 Å². The topological polar surface area (TPSA) is 12.5 Å². The van der Waals surface area contributed by atoms with E-state index < -0.39 is 0 Å². The fourth-order valence-corrected chi connectivity index (χ4v) is 2.63. The molecule has 0 aromatic heterocycles. The molecule has 0 saturated carbocycles. The van der Waals surface area contributed by atoms with E-state index in [4.69, 9.17) is 16.3 Å². The van der Waals surface area contributed by atoms with Crippen LogP contribution >= 0.6 is 27.5 Å². The Bertz CT molecular complexity index is 372. The number of rotatable bonds is 3. The third-order valence-corrected chi connectivity index (χ3v) is 4.47. The zero-order chi connectivity index (χ0) is 11.5. The fraction of sp³-hybridized carbons (Fsp3) is 0.500. The second-order valence-electron chi connectivity index (χ2n) is 4.09. The van der Waals surface area contributed by atoms with Gasteiger partial charge in [-0.2, -0.15) is 0 Å². The Kier molecular flexibility index (Phi) is 4.25. The molecule has 2 rings (SSSR count). The van der Waals surface area contributed by atoms with Crippen molar-refractivity contribution in [3.8, 4) is 0 Å². The molecular weight excluding hydrogens is 289 g/mol. The summed E-state index contributed by atoms with van der Waals surface area (Å²) in [6, 6.07) is 6.00. The summed E-state index contributed by atoms with van der Waals surface area (Å²) in [5.41, 5.74) is 1.24. The average Bonchev–Trinajstić information content (AvgIpc) is 2.73. The van der Waals surface area contributed by atoms with Crippen LogP contribution < -0.4 is 0 Å². The van der Waals surface area contributed by atoms with Crippen LogP contribution in [-0.4, -0.2) is 31.2 Å². The normalized spacial score (nSPS) is 21.6. The molecule has 1 heterocycles. The first-order valence-corrected chi connectivity index (χ1v) is 6.56. The summed E-state index contributed by atoms with van der Waals surface area (Å²) in [6.07, 6.45) is 1.51. The highest BCUT2D eigenvalue weighted by atomic mass is 79.9. The zero-order valence-electron chi connectivity index (χ0n) is 9.25. The molecule has 0 radical (unpaired) electrons. The monoisotopic (exact) mass is 303 g/mol. The van der Waals surface area contributed by atoms with Crippen molar-refractivity contribution in [1.82, 2.24) is 4.90 Å². The number of likely N-dealkylation sites (tertiary alicyclic amines) is 1. The van der Waals surface area contributed by atoms with Crippen LogP contribution in [0, 0.1) is 0 Å². The smallest absolute Gasteiger partial charge is 0.0710 e. The van der Waals surface area contributed by atoms with Gasteiger partial charge in [0.2, 0.25) is 0 Å². The van der Waals surface area contributed by atoms with Gasteiger partial charge in [0.1, 0.15) is 0 Å². The molecule has 1 aromatic carbocycles. The van der Waals surface area contributed by atoms with Gasteiger partial charge in [0, 0.05) is 31.2 Å². The molecule has 0 spiro atoms. The molecule has 1 atom stereocenters. The number of hydrogen-bond acceptors (Lipinski definition) is 2. The van der Waals surface area contributed by atoms with Gasteiger partial charge in [-0.3, -0.25) is 4.90 Å². The standard InChI is InChI=1S/C12H15BrClNO/c1-16-10-5-6-15(8-10)7-9-3-2-4-11(14)12(9)13/h2-4,10H,5-8H2,1H3. The summed E-state index contributed by atoms with van der Waals surface area (Å²) in [5.74, 6) is 0. The van der Waals surface area contributed by atoms with Gasteiger partial charge < -0.3 is 4.74 Å². The number of hydrogen-bond donors (Lipinski definition) is 0. The lowest BCUT2D eigenvalue weighted by Gasteiger charge is -2.16. The molecule has 0 N–H and O–H groups in total. The van der Waals surface area contributed by atoms with Crippen molar-refractivity contribution in [2.45, 2.75) is 19.1 Å². The Morgan fingerprint density at radius 2 is 2.38 bits per heavy atom. The van der Waals surface area contributed by atoms with Crippen molar-refractivity contribution in [3.63, 3.8) is 0 Å². The van der Waals surface area contributed by atoms with E-state index >= 15 is 0 Å². The maximum atomic E-state index is 6.07. The maximum Gasteiger partial charge on any atom is 0.0710 e. The van der Waals surface area contributed by atoms with E-state index in [1.165, 1.54) is 5.56 Å². The van der Waals surface area contributed by atoms with Gasteiger partial charge >= 0.3 is 0 Å². The Morgan fingerprint density at radius 3 is 3.06 bits per heavy atom. The molecule has 2 nitrogen and oxygen atoms in total. The molecule has 88 valence electrons. The quantitative estimate of drug-likeness (QED) is 0.849. The number of nitrogens with zero attached hydrogens (tertiary/aromatic N) is 1. The number of methoxy groups -OCH3 is 1. The van der Waals surface area contributed by atoms with Gasteiger partial charge in [-0.1, -0.05) is 23.7 Å². The van der Waals surface area contributed by atoms with Crippen LogP contribution in [0.25, 0.3) is 0 Å². The van der Waals surface area contributed by atoms with E-state index in [1.54, 1.807) is 7.11 Å². The Hall–Kier alpha value is -0.0900. The van der Waals surface area contributed by atoms with Gasteiger partial charge in [0.05, 0.1) is 11.1 Å². The highest BCUT2D eigenvalue weighted by Gasteiger charge is 2.22. The molecular formula is C12H15BrClNO. The van der Waals surface area contributed by atoms with E-state index in [0.717, 1.165) is 35.6 Å². The Labute approximate surface area is 110 Å². The minimum Gasteiger partial charge on any atom is -0.380 e. The highest BCUT2D eigenvalue weighted by molar-refractivity contribution is 9.10. The summed E-state index contributed by atoms with van der Waals surface area (Å²) >= 11 is 9.59. The van der Waals surface area contributed by atoms with Crippen molar-refractivity contribution >= 4 is 27.5 Å². The van der Waals surface area contributed by atoms with E-state index in [0.29, 0.717) is 6.10 Å². The third kappa shape index (κ3) is 2.77. The van der Waals surface area contributed by atoms with Crippen molar-refractivity contribution < 1.29 is 4.74 Å². The van der Waals surface area contributed by atoms with Crippen LogP contribution in [0.1, 0.15) is 12.0 Å². The molecule has 4 heteroatoms. The summed E-state index contributed by atoms with van der Waals surface area (Å²) in [6.45, 7) is 3.04. The van der Waals surface area contributed by atoms with Crippen LogP contribution in [0.5, 0.6) is 0 Å². The lowest BCUT2D eigenvalue weighted by atomic mass is 10.2. The molecule has 0 aliphatic carbocycles. The summed E-state index contributed by atoms with van der Waals surface area (Å²) < 4.78 is 6.37. The molecule has 0 bridgehead atoms. The number of halogens is 2. The maximum absolute atomic E-state index is 6.07. The van der Waals surface area contributed by atoms with Gasteiger partial charge in [0.25, 0.3) is 0 Å². The Morgan fingerprint density at radius 1 is 1.56 bits per heavy atom. The van der Waals surface area contributed by atoms with E-state index in [2.05, 4.69) is 26.9 Å². The van der Waals surface area contributed by atoms with Gasteiger partial charge in [-0.25, -0.2) is 0 Å².